The zero-order valence-corrected chi connectivity index (χ0v) is 21.7. The fraction of sp³-hybridized carbons (Fsp3) is 0.250. The van der Waals surface area contributed by atoms with Crippen LogP contribution in [0.15, 0.2) is 91.0 Å². The zero-order chi connectivity index (χ0) is 27.9. The van der Waals surface area contributed by atoms with E-state index in [1.54, 1.807) is 35.2 Å². The monoisotopic (exact) mass is 543 g/mol. The van der Waals surface area contributed by atoms with Crippen LogP contribution in [0.3, 0.4) is 0 Å². The summed E-state index contributed by atoms with van der Waals surface area (Å²) in [5.74, 6) is -0.0282. The summed E-state index contributed by atoms with van der Waals surface area (Å²) in [6.07, 6.45) is -3.54. The van der Waals surface area contributed by atoms with Crippen molar-refractivity contribution in [3.8, 4) is 11.1 Å². The van der Waals surface area contributed by atoms with Gasteiger partial charge in [0.05, 0.1) is 5.56 Å². The molecule has 4 aromatic carbocycles. The molecule has 0 saturated carbocycles. The van der Waals surface area contributed by atoms with E-state index in [1.165, 1.54) is 6.07 Å². The van der Waals surface area contributed by atoms with Crippen LogP contribution in [0.4, 0.5) is 13.2 Å². The lowest BCUT2D eigenvalue weighted by molar-refractivity contribution is -0.137. The second-order valence-electron chi connectivity index (χ2n) is 10.5. The summed E-state index contributed by atoms with van der Waals surface area (Å²) in [6.45, 7) is 2.53. The van der Waals surface area contributed by atoms with Crippen LogP contribution >= 0.6 is 0 Å². The van der Waals surface area contributed by atoms with Crippen molar-refractivity contribution in [2.75, 3.05) is 26.2 Å². The van der Waals surface area contributed by atoms with Crippen molar-refractivity contribution in [2.45, 2.75) is 24.7 Å². The third-order valence-electron chi connectivity index (χ3n) is 7.76. The van der Waals surface area contributed by atoms with Gasteiger partial charge in [0, 0.05) is 49.4 Å². The van der Waals surface area contributed by atoms with Gasteiger partial charge >= 0.3 is 6.18 Å². The molecule has 1 N–H and O–H groups in total. The van der Waals surface area contributed by atoms with E-state index < -0.39 is 11.7 Å². The van der Waals surface area contributed by atoms with E-state index in [2.05, 4.69) is 5.32 Å². The highest BCUT2D eigenvalue weighted by Crippen LogP contribution is 2.35. The molecule has 6 rings (SSSR count). The summed E-state index contributed by atoms with van der Waals surface area (Å²) >= 11 is 0. The van der Waals surface area contributed by atoms with Gasteiger partial charge in [-0.05, 0) is 64.7 Å². The lowest BCUT2D eigenvalue weighted by Crippen LogP contribution is -2.62. The molecule has 0 radical (unpaired) electrons. The van der Waals surface area contributed by atoms with Crippen LogP contribution in [0, 0.1) is 0 Å². The van der Waals surface area contributed by atoms with Gasteiger partial charge in [0.25, 0.3) is 11.8 Å². The minimum atomic E-state index is -4.42. The minimum absolute atomic E-state index is 0.0443. The average molecular weight is 544 g/mol. The molecule has 8 heteroatoms. The first kappa shape index (κ1) is 26.1. The lowest BCUT2D eigenvalue weighted by atomic mass is 9.95. The molecule has 204 valence electrons. The molecule has 2 amide bonds. The van der Waals surface area contributed by atoms with Gasteiger partial charge in [-0.2, -0.15) is 13.2 Å². The number of carbonyl (C=O) groups is 2. The first-order valence-electron chi connectivity index (χ1n) is 13.4. The third-order valence-corrected chi connectivity index (χ3v) is 7.76. The van der Waals surface area contributed by atoms with Crippen LogP contribution in [-0.2, 0) is 6.18 Å². The molecule has 2 aliphatic heterocycles. The first-order valence-corrected chi connectivity index (χ1v) is 13.4. The van der Waals surface area contributed by atoms with Gasteiger partial charge in [0.1, 0.15) is 0 Å². The molecule has 40 heavy (non-hydrogen) atoms. The molecule has 4 aromatic rings. The predicted molar refractivity (Wildman–Crippen MR) is 148 cm³/mol. The van der Waals surface area contributed by atoms with Gasteiger partial charge in [-0.25, -0.2) is 0 Å². The van der Waals surface area contributed by atoms with Crippen molar-refractivity contribution in [3.05, 3.63) is 108 Å². The highest BCUT2D eigenvalue weighted by Gasteiger charge is 2.35. The molecule has 1 atom stereocenters. The van der Waals surface area contributed by atoms with E-state index in [-0.39, 0.29) is 23.9 Å². The first-order chi connectivity index (χ1) is 19.3. The van der Waals surface area contributed by atoms with Crippen molar-refractivity contribution >= 4 is 22.6 Å². The second-order valence-corrected chi connectivity index (χ2v) is 10.5. The van der Waals surface area contributed by atoms with Gasteiger partial charge in [0.15, 0.2) is 0 Å². The zero-order valence-electron chi connectivity index (χ0n) is 21.7. The predicted octanol–water partition coefficient (Wildman–Crippen LogP) is 5.85. The molecule has 2 saturated heterocycles. The number of carbonyl (C=O) groups excluding carboxylic acids is 2. The van der Waals surface area contributed by atoms with Crippen LogP contribution in [0.1, 0.15) is 32.7 Å². The lowest BCUT2D eigenvalue weighted by Gasteiger charge is -2.41. The minimum Gasteiger partial charge on any atom is -0.337 e. The molecular formula is C32H28F3N3O2. The van der Waals surface area contributed by atoms with E-state index in [1.807, 2.05) is 47.4 Å². The van der Waals surface area contributed by atoms with Crippen molar-refractivity contribution in [3.63, 3.8) is 0 Å². The number of alkyl halides is 3. The molecule has 2 heterocycles. The van der Waals surface area contributed by atoms with Crippen LogP contribution in [0.5, 0.6) is 0 Å². The van der Waals surface area contributed by atoms with Gasteiger partial charge in [-0.15, -0.1) is 0 Å². The Labute approximate surface area is 230 Å². The molecule has 0 aliphatic carbocycles. The van der Waals surface area contributed by atoms with Crippen LogP contribution in [0.25, 0.3) is 21.9 Å². The largest absolute Gasteiger partial charge is 0.416 e. The second kappa shape index (κ2) is 10.4. The third kappa shape index (κ3) is 5.19. The highest BCUT2D eigenvalue weighted by molar-refractivity contribution is 6.03. The number of halogens is 3. The number of nitrogens with zero attached hydrogens (tertiary/aromatic N) is 2. The Morgan fingerprint density at radius 1 is 0.725 bits per heavy atom. The molecule has 2 fully saturated rings. The van der Waals surface area contributed by atoms with Gasteiger partial charge < -0.3 is 15.1 Å². The number of hydrogen-bond acceptors (Lipinski definition) is 3. The Morgan fingerprint density at radius 2 is 1.45 bits per heavy atom. The van der Waals surface area contributed by atoms with Gasteiger partial charge in [0.2, 0.25) is 0 Å². The molecular weight excluding hydrogens is 515 g/mol. The summed E-state index contributed by atoms with van der Waals surface area (Å²) in [7, 11) is 0. The molecule has 2 aliphatic rings. The number of fused-ring (bicyclic) bond motifs is 1. The fourth-order valence-corrected chi connectivity index (χ4v) is 5.64. The van der Waals surface area contributed by atoms with E-state index in [0.717, 1.165) is 29.3 Å². The standard InChI is InChI=1S/C32H28F3N3O2/c33-32(34,35)25-10-4-8-23(17-25)28-11-5-9-22-16-24(12-13-29(22)28)31(40)38-19-27(20-38)36-26-14-15-37(18-26)30(39)21-6-2-1-3-7-21/h1-13,16-17,26-27,36H,14-15,18-20H2. The Hall–Kier alpha value is -4.17. The maximum absolute atomic E-state index is 13.2. The summed E-state index contributed by atoms with van der Waals surface area (Å²) in [5, 5.41) is 5.18. The number of likely N-dealkylation sites (tertiary alicyclic amines) is 2. The number of amides is 2. The molecule has 1 unspecified atom stereocenters. The average Bonchev–Trinajstić information content (AvgIpc) is 3.42. The summed E-state index contributed by atoms with van der Waals surface area (Å²) in [6, 6.07) is 25.8. The smallest absolute Gasteiger partial charge is 0.337 e. The molecule has 5 nitrogen and oxygen atoms in total. The Bertz CT molecular complexity index is 1560. The molecule has 0 spiro atoms. The maximum Gasteiger partial charge on any atom is 0.416 e. The topological polar surface area (TPSA) is 52.7 Å². The van der Waals surface area contributed by atoms with Crippen molar-refractivity contribution in [1.29, 1.82) is 0 Å². The molecule has 0 bridgehead atoms. The SMILES string of the molecule is O=C(c1ccccc1)N1CCC(NC2CN(C(=O)c3ccc4c(-c5cccc(C(F)(F)F)c5)cccc4c3)C2)C1. The fourth-order valence-electron chi connectivity index (χ4n) is 5.64. The normalized spacial score (nSPS) is 17.7. The van der Waals surface area contributed by atoms with Crippen molar-refractivity contribution in [1.82, 2.24) is 15.1 Å². The van der Waals surface area contributed by atoms with Crippen LogP contribution < -0.4 is 5.32 Å². The maximum atomic E-state index is 13.2. The van der Waals surface area contributed by atoms with E-state index in [4.69, 9.17) is 0 Å². The quantitative estimate of drug-likeness (QED) is 0.344. The number of nitrogens with one attached hydrogen (secondary N) is 1. The Kier molecular flexibility index (Phi) is 6.80. The van der Waals surface area contributed by atoms with E-state index in [0.29, 0.717) is 48.4 Å². The van der Waals surface area contributed by atoms with Crippen molar-refractivity contribution in [2.24, 2.45) is 0 Å². The number of benzene rings is 4. The molecule has 0 aromatic heterocycles. The number of rotatable bonds is 5. The van der Waals surface area contributed by atoms with Gasteiger partial charge in [-0.1, -0.05) is 54.6 Å². The van der Waals surface area contributed by atoms with Gasteiger partial charge in [-0.3, -0.25) is 9.59 Å². The van der Waals surface area contributed by atoms with Crippen LogP contribution in [-0.4, -0.2) is 59.9 Å². The Balaban J connectivity index is 1.08. The highest BCUT2D eigenvalue weighted by atomic mass is 19.4. The van der Waals surface area contributed by atoms with Crippen molar-refractivity contribution < 1.29 is 22.8 Å². The summed E-state index contributed by atoms with van der Waals surface area (Å²) < 4.78 is 39.7. The van der Waals surface area contributed by atoms with E-state index >= 15 is 0 Å². The number of hydrogen-bond donors (Lipinski definition) is 1. The van der Waals surface area contributed by atoms with Crippen LogP contribution in [0.2, 0.25) is 0 Å². The Morgan fingerprint density at radius 3 is 2.23 bits per heavy atom. The van der Waals surface area contributed by atoms with E-state index in [9.17, 15) is 22.8 Å². The summed E-state index contributed by atoms with van der Waals surface area (Å²) in [4.78, 5) is 29.6. The summed E-state index contributed by atoms with van der Waals surface area (Å²) in [5.41, 5.74) is 1.72.